The molecule has 3 rings (SSSR count). The van der Waals surface area contributed by atoms with Gasteiger partial charge in [-0.05, 0) is 50.2 Å². The van der Waals surface area contributed by atoms with E-state index in [-0.39, 0.29) is 16.9 Å². The number of hydrogen-bond acceptors (Lipinski definition) is 5. The molecule has 0 radical (unpaired) electrons. The van der Waals surface area contributed by atoms with Crippen LogP contribution in [0.5, 0.6) is 0 Å². The highest BCUT2D eigenvalue weighted by Gasteiger charge is 2.51. The number of hydrogen-bond donors (Lipinski definition) is 2. The molecule has 0 aromatic heterocycles. The molecule has 2 aromatic rings. The van der Waals surface area contributed by atoms with Gasteiger partial charge >= 0.3 is 6.18 Å². The summed E-state index contributed by atoms with van der Waals surface area (Å²) >= 11 is 4.40. The molecule has 1 saturated heterocycles. The fraction of sp³-hybridized carbons (Fsp3) is 0.250. The van der Waals surface area contributed by atoms with E-state index in [9.17, 15) is 27.2 Å². The van der Waals surface area contributed by atoms with Crippen molar-refractivity contribution in [1.29, 1.82) is 5.26 Å². The van der Waals surface area contributed by atoms with Gasteiger partial charge in [0.05, 0.1) is 22.8 Å². The van der Waals surface area contributed by atoms with Crippen LogP contribution in [-0.4, -0.2) is 22.9 Å². The smallest absolute Gasteiger partial charge is 0.366 e. The van der Waals surface area contributed by atoms with Crippen LogP contribution in [0.25, 0.3) is 0 Å². The first kappa shape index (κ1) is 22.4. The Kier molecular flexibility index (Phi) is 5.40. The van der Waals surface area contributed by atoms with Gasteiger partial charge < -0.3 is 10.6 Å². The second kappa shape index (κ2) is 7.46. The Hall–Kier alpha value is -3.26. The van der Waals surface area contributed by atoms with Gasteiger partial charge in [0.1, 0.15) is 11.4 Å². The van der Waals surface area contributed by atoms with Gasteiger partial charge in [0, 0.05) is 11.4 Å². The minimum absolute atomic E-state index is 0.124. The first-order chi connectivity index (χ1) is 14.3. The molecular formula is C20H16F4N4O2S. The molecule has 2 amide bonds. The summed E-state index contributed by atoms with van der Waals surface area (Å²) in [5, 5.41) is 8.98. The molecule has 1 unspecified atom stereocenters. The van der Waals surface area contributed by atoms with Crippen molar-refractivity contribution in [3.8, 4) is 6.07 Å². The number of benzene rings is 2. The normalized spacial score (nSPS) is 18.3. The number of nitrogens with two attached hydrogens (primary N) is 1. The summed E-state index contributed by atoms with van der Waals surface area (Å²) in [6.45, 7) is 3.01. The molecule has 0 saturated carbocycles. The highest BCUT2D eigenvalue weighted by atomic mass is 32.1. The van der Waals surface area contributed by atoms with Crippen molar-refractivity contribution in [3.05, 3.63) is 58.9 Å². The van der Waals surface area contributed by atoms with Crippen molar-refractivity contribution >= 4 is 35.8 Å². The molecule has 31 heavy (non-hydrogen) atoms. The Morgan fingerprint density at radius 1 is 1.19 bits per heavy atom. The third-order valence-electron chi connectivity index (χ3n) is 5.01. The van der Waals surface area contributed by atoms with Gasteiger partial charge in [-0.15, -0.1) is 12.6 Å². The van der Waals surface area contributed by atoms with Gasteiger partial charge in [-0.25, -0.2) is 4.39 Å². The number of rotatable bonds is 3. The number of halogens is 4. The summed E-state index contributed by atoms with van der Waals surface area (Å²) < 4.78 is 54.4. The minimum Gasteiger partial charge on any atom is -0.366 e. The van der Waals surface area contributed by atoms with Crippen molar-refractivity contribution in [2.45, 2.75) is 31.1 Å². The highest BCUT2D eigenvalue weighted by Crippen LogP contribution is 2.42. The van der Waals surface area contributed by atoms with Crippen molar-refractivity contribution in [2.75, 3.05) is 9.80 Å². The van der Waals surface area contributed by atoms with E-state index in [0.717, 1.165) is 23.1 Å². The lowest BCUT2D eigenvalue weighted by molar-refractivity contribution is -0.137. The third-order valence-corrected chi connectivity index (χ3v) is 5.47. The largest absolute Gasteiger partial charge is 0.417 e. The van der Waals surface area contributed by atoms with Crippen molar-refractivity contribution < 1.29 is 27.2 Å². The van der Waals surface area contributed by atoms with Crippen LogP contribution in [0, 0.1) is 17.1 Å². The molecule has 1 aliphatic rings. The molecule has 1 aliphatic heterocycles. The number of carbonyl (C=O) groups excluding carboxylic acids is 2. The second-order valence-electron chi connectivity index (χ2n) is 7.32. The molecule has 6 nitrogen and oxygen atoms in total. The van der Waals surface area contributed by atoms with Gasteiger partial charge in [0.15, 0.2) is 5.50 Å². The number of amides is 2. The molecule has 0 aliphatic carbocycles. The zero-order valence-corrected chi connectivity index (χ0v) is 17.1. The molecule has 11 heteroatoms. The number of nitrogens with zero attached hydrogens (tertiary/aromatic N) is 3. The standard InChI is InChI=1S/C20H16F4N4O2S/c1-19(2)17(30)27(11-4-3-10(9-25)14(7-11)20(22,23)24)18(31)28(19)12-5-6-13(16(26)29)15(21)8-12/h3-8,18,31H,1-2H3,(H2,26,29). The van der Waals surface area contributed by atoms with Crippen LogP contribution in [0.4, 0.5) is 28.9 Å². The van der Waals surface area contributed by atoms with E-state index in [1.54, 1.807) is 0 Å². The van der Waals surface area contributed by atoms with E-state index in [4.69, 9.17) is 11.0 Å². The number of alkyl halides is 3. The molecule has 1 heterocycles. The molecule has 1 atom stereocenters. The maximum absolute atomic E-state index is 14.3. The SMILES string of the molecule is CC1(C)C(=O)N(c2ccc(C#N)c(C(F)(F)F)c2)C(S)N1c1ccc(C(N)=O)c(F)c1. The summed E-state index contributed by atoms with van der Waals surface area (Å²) in [5.41, 5.74) is 0.619. The van der Waals surface area contributed by atoms with Crippen molar-refractivity contribution in [2.24, 2.45) is 5.73 Å². The maximum Gasteiger partial charge on any atom is 0.417 e. The molecule has 0 bridgehead atoms. The Morgan fingerprint density at radius 3 is 2.32 bits per heavy atom. The topological polar surface area (TPSA) is 90.4 Å². The Labute approximate surface area is 180 Å². The van der Waals surface area contributed by atoms with E-state index in [0.29, 0.717) is 6.07 Å². The average molecular weight is 452 g/mol. The summed E-state index contributed by atoms with van der Waals surface area (Å²) in [7, 11) is 0. The Balaban J connectivity index is 2.10. The number of anilines is 2. The summed E-state index contributed by atoms with van der Waals surface area (Å²) in [5.74, 6) is -2.48. The van der Waals surface area contributed by atoms with E-state index in [1.807, 2.05) is 0 Å². The predicted molar refractivity (Wildman–Crippen MR) is 108 cm³/mol. The lowest BCUT2D eigenvalue weighted by Gasteiger charge is -2.33. The van der Waals surface area contributed by atoms with Crippen LogP contribution in [0.15, 0.2) is 36.4 Å². The molecule has 162 valence electrons. The van der Waals surface area contributed by atoms with E-state index < -0.39 is 46.0 Å². The monoisotopic (exact) mass is 452 g/mol. The number of thiol groups is 1. The lowest BCUT2D eigenvalue weighted by Crippen LogP contribution is -2.45. The summed E-state index contributed by atoms with van der Waals surface area (Å²) in [4.78, 5) is 26.8. The molecule has 0 spiro atoms. The van der Waals surface area contributed by atoms with Gasteiger partial charge in [-0.1, -0.05) is 0 Å². The van der Waals surface area contributed by atoms with Gasteiger partial charge in [-0.2, -0.15) is 18.4 Å². The van der Waals surface area contributed by atoms with Crippen molar-refractivity contribution in [1.82, 2.24) is 0 Å². The minimum atomic E-state index is -4.81. The lowest BCUT2D eigenvalue weighted by atomic mass is 10.0. The number of primary amides is 1. The van der Waals surface area contributed by atoms with Crippen LogP contribution < -0.4 is 15.5 Å². The quantitative estimate of drug-likeness (QED) is 0.549. The zero-order chi connectivity index (χ0) is 23.3. The van der Waals surface area contributed by atoms with E-state index in [1.165, 1.54) is 36.9 Å². The van der Waals surface area contributed by atoms with Crippen LogP contribution >= 0.6 is 12.6 Å². The Bertz CT molecular complexity index is 1130. The van der Waals surface area contributed by atoms with E-state index in [2.05, 4.69) is 12.6 Å². The number of nitriles is 1. The number of carbonyl (C=O) groups is 2. The molecule has 2 aromatic carbocycles. The van der Waals surface area contributed by atoms with Gasteiger partial charge in [0.2, 0.25) is 0 Å². The predicted octanol–water partition coefficient (Wildman–Crippen LogP) is 3.66. The zero-order valence-electron chi connectivity index (χ0n) is 16.2. The van der Waals surface area contributed by atoms with Gasteiger partial charge in [0.25, 0.3) is 11.8 Å². The van der Waals surface area contributed by atoms with Crippen LogP contribution in [0.2, 0.25) is 0 Å². The van der Waals surface area contributed by atoms with Crippen LogP contribution in [-0.2, 0) is 11.0 Å². The molecular weight excluding hydrogens is 436 g/mol. The molecule has 1 fully saturated rings. The van der Waals surface area contributed by atoms with Crippen molar-refractivity contribution in [3.63, 3.8) is 0 Å². The fourth-order valence-electron chi connectivity index (χ4n) is 3.48. The molecule has 2 N–H and O–H groups in total. The first-order valence-electron chi connectivity index (χ1n) is 8.82. The fourth-order valence-corrected chi connectivity index (χ4v) is 4.14. The summed E-state index contributed by atoms with van der Waals surface area (Å²) in [6.07, 6.45) is -4.81. The average Bonchev–Trinajstić information content (AvgIpc) is 2.84. The maximum atomic E-state index is 14.3. The third kappa shape index (κ3) is 3.67. The Morgan fingerprint density at radius 2 is 1.81 bits per heavy atom. The summed E-state index contributed by atoms with van der Waals surface area (Å²) in [6, 6.07) is 7.90. The van der Waals surface area contributed by atoms with Crippen LogP contribution in [0.3, 0.4) is 0 Å². The van der Waals surface area contributed by atoms with Crippen LogP contribution in [0.1, 0.15) is 35.3 Å². The van der Waals surface area contributed by atoms with Gasteiger partial charge in [-0.3, -0.25) is 14.5 Å². The highest BCUT2D eigenvalue weighted by molar-refractivity contribution is 7.81. The first-order valence-corrected chi connectivity index (χ1v) is 9.34. The van der Waals surface area contributed by atoms with E-state index >= 15 is 0 Å². The second-order valence-corrected chi connectivity index (χ2v) is 7.78.